The molecule has 0 saturated heterocycles. The zero-order valence-electron chi connectivity index (χ0n) is 7.74. The van der Waals surface area contributed by atoms with Crippen molar-refractivity contribution in [1.29, 1.82) is 5.41 Å². The summed E-state index contributed by atoms with van der Waals surface area (Å²) >= 11 is 0. The lowest BCUT2D eigenvalue weighted by Gasteiger charge is -2.14. The van der Waals surface area contributed by atoms with Crippen LogP contribution in [-0.2, 0) is 0 Å². The van der Waals surface area contributed by atoms with Crippen molar-refractivity contribution in [2.75, 3.05) is 14.1 Å². The Bertz CT molecular complexity index is 375. The second-order valence-corrected chi connectivity index (χ2v) is 2.99. The Morgan fingerprint density at radius 3 is 2.07 bits per heavy atom. The van der Waals surface area contributed by atoms with Gasteiger partial charge in [-0.3, -0.25) is 5.41 Å². The third-order valence-corrected chi connectivity index (χ3v) is 1.71. The summed E-state index contributed by atoms with van der Waals surface area (Å²) in [7, 11) is 3.03. The Balaban J connectivity index is 3.22. The van der Waals surface area contributed by atoms with Crippen molar-refractivity contribution in [2.24, 2.45) is 0 Å². The van der Waals surface area contributed by atoms with Crippen LogP contribution >= 0.6 is 0 Å². The first kappa shape index (κ1) is 10.6. The molecule has 0 heterocycles. The summed E-state index contributed by atoms with van der Waals surface area (Å²) in [6.45, 7) is 0. The maximum atomic E-state index is 13.1. The Kier molecular flexibility index (Phi) is 2.78. The van der Waals surface area contributed by atoms with Gasteiger partial charge in [0.05, 0.1) is 5.56 Å². The zero-order valence-corrected chi connectivity index (χ0v) is 7.74. The smallest absolute Gasteiger partial charge is 0.161 e. The van der Waals surface area contributed by atoms with Crippen molar-refractivity contribution >= 4 is 5.84 Å². The summed E-state index contributed by atoms with van der Waals surface area (Å²) in [5.74, 6) is -3.56. The molecule has 0 fully saturated rings. The summed E-state index contributed by atoms with van der Waals surface area (Å²) in [6.07, 6.45) is 0. The number of benzene rings is 1. The van der Waals surface area contributed by atoms with E-state index in [1.54, 1.807) is 0 Å². The SMILES string of the molecule is CN(C)C(=N)c1cc(F)c(F)cc1F. The molecular formula is C9H9F3N2. The molecule has 0 aliphatic rings. The van der Waals surface area contributed by atoms with Crippen LogP contribution in [-0.4, -0.2) is 24.8 Å². The quantitative estimate of drug-likeness (QED) is 0.421. The first-order chi connectivity index (χ1) is 6.43. The van der Waals surface area contributed by atoms with E-state index in [1.165, 1.54) is 19.0 Å². The monoisotopic (exact) mass is 202 g/mol. The van der Waals surface area contributed by atoms with Gasteiger partial charge in [0.15, 0.2) is 11.6 Å². The van der Waals surface area contributed by atoms with Gasteiger partial charge in [0.25, 0.3) is 0 Å². The van der Waals surface area contributed by atoms with E-state index in [2.05, 4.69) is 0 Å². The van der Waals surface area contributed by atoms with Gasteiger partial charge in [0, 0.05) is 20.2 Å². The maximum Gasteiger partial charge on any atom is 0.161 e. The molecule has 1 rings (SSSR count). The fourth-order valence-corrected chi connectivity index (χ4v) is 0.945. The highest BCUT2D eigenvalue weighted by atomic mass is 19.2. The number of hydrogen-bond donors (Lipinski definition) is 1. The fraction of sp³-hybridized carbons (Fsp3) is 0.222. The second-order valence-electron chi connectivity index (χ2n) is 2.99. The second kappa shape index (κ2) is 3.69. The average molecular weight is 202 g/mol. The average Bonchev–Trinajstić information content (AvgIpc) is 2.10. The highest BCUT2D eigenvalue weighted by molar-refractivity contribution is 5.96. The van der Waals surface area contributed by atoms with Gasteiger partial charge in [-0.2, -0.15) is 0 Å². The van der Waals surface area contributed by atoms with Crippen molar-refractivity contribution < 1.29 is 13.2 Å². The van der Waals surface area contributed by atoms with E-state index in [4.69, 9.17) is 5.41 Å². The van der Waals surface area contributed by atoms with Gasteiger partial charge in [-0.25, -0.2) is 13.2 Å². The molecular weight excluding hydrogens is 193 g/mol. The molecule has 2 nitrogen and oxygen atoms in total. The summed E-state index contributed by atoms with van der Waals surface area (Å²) in [4.78, 5) is 1.30. The standard InChI is InChI=1S/C9H9F3N2/c1-14(2)9(13)5-3-7(11)8(12)4-6(5)10/h3-4,13H,1-2H3. The molecule has 0 bridgehead atoms. The van der Waals surface area contributed by atoms with E-state index in [1.807, 2.05) is 0 Å². The lowest BCUT2D eigenvalue weighted by atomic mass is 10.1. The summed E-state index contributed by atoms with van der Waals surface area (Å²) < 4.78 is 38.3. The summed E-state index contributed by atoms with van der Waals surface area (Å²) in [5.41, 5.74) is -0.256. The number of nitrogens with one attached hydrogen (secondary N) is 1. The first-order valence-corrected chi connectivity index (χ1v) is 3.84. The fourth-order valence-electron chi connectivity index (χ4n) is 0.945. The summed E-state index contributed by atoms with van der Waals surface area (Å²) in [6, 6.07) is 1.11. The maximum absolute atomic E-state index is 13.1. The van der Waals surface area contributed by atoms with Crippen LogP contribution in [0.1, 0.15) is 5.56 Å². The minimum atomic E-state index is -1.25. The molecule has 0 radical (unpaired) electrons. The highest BCUT2D eigenvalue weighted by Crippen LogP contribution is 2.14. The van der Waals surface area contributed by atoms with Crippen molar-refractivity contribution in [3.8, 4) is 0 Å². The molecule has 0 saturated carbocycles. The van der Waals surface area contributed by atoms with Crippen LogP contribution in [0.15, 0.2) is 12.1 Å². The normalized spacial score (nSPS) is 10.1. The van der Waals surface area contributed by atoms with Gasteiger partial charge in [0.2, 0.25) is 0 Å². The van der Waals surface area contributed by atoms with Crippen LogP contribution in [0.2, 0.25) is 0 Å². The van der Waals surface area contributed by atoms with Crippen LogP contribution in [0.4, 0.5) is 13.2 Å². The van der Waals surface area contributed by atoms with Crippen LogP contribution in [0, 0.1) is 22.9 Å². The van der Waals surface area contributed by atoms with Crippen LogP contribution in [0.5, 0.6) is 0 Å². The van der Waals surface area contributed by atoms with Gasteiger partial charge >= 0.3 is 0 Å². The number of nitrogens with zero attached hydrogens (tertiary/aromatic N) is 1. The Morgan fingerprint density at radius 1 is 1.07 bits per heavy atom. The molecule has 0 aromatic heterocycles. The predicted molar refractivity (Wildman–Crippen MR) is 46.8 cm³/mol. The summed E-state index contributed by atoms with van der Waals surface area (Å²) in [5, 5.41) is 7.39. The number of hydrogen-bond acceptors (Lipinski definition) is 1. The van der Waals surface area contributed by atoms with E-state index in [-0.39, 0.29) is 11.4 Å². The molecule has 1 aromatic carbocycles. The molecule has 5 heteroatoms. The van der Waals surface area contributed by atoms with E-state index in [0.717, 1.165) is 0 Å². The number of amidine groups is 1. The molecule has 0 atom stereocenters. The largest absolute Gasteiger partial charge is 0.363 e. The van der Waals surface area contributed by atoms with Gasteiger partial charge in [-0.15, -0.1) is 0 Å². The predicted octanol–water partition coefficient (Wildman–Crippen LogP) is 1.99. The Labute approximate surface area is 79.5 Å². The topological polar surface area (TPSA) is 27.1 Å². The van der Waals surface area contributed by atoms with Crippen LogP contribution in [0.25, 0.3) is 0 Å². The number of halogens is 3. The van der Waals surface area contributed by atoms with Crippen LogP contribution in [0.3, 0.4) is 0 Å². The van der Waals surface area contributed by atoms with Crippen molar-refractivity contribution in [1.82, 2.24) is 4.90 Å². The third kappa shape index (κ3) is 1.86. The van der Waals surface area contributed by atoms with Crippen molar-refractivity contribution in [3.63, 3.8) is 0 Å². The minimum Gasteiger partial charge on any atom is -0.363 e. The lowest BCUT2D eigenvalue weighted by Crippen LogP contribution is -2.23. The molecule has 14 heavy (non-hydrogen) atoms. The lowest BCUT2D eigenvalue weighted by molar-refractivity contribution is 0.492. The molecule has 0 spiro atoms. The van der Waals surface area contributed by atoms with E-state index in [0.29, 0.717) is 12.1 Å². The van der Waals surface area contributed by atoms with Gasteiger partial charge in [-0.05, 0) is 6.07 Å². The van der Waals surface area contributed by atoms with Crippen LogP contribution < -0.4 is 0 Å². The molecule has 0 unspecified atom stereocenters. The first-order valence-electron chi connectivity index (χ1n) is 3.84. The van der Waals surface area contributed by atoms with E-state index in [9.17, 15) is 13.2 Å². The highest BCUT2D eigenvalue weighted by Gasteiger charge is 2.14. The zero-order chi connectivity index (χ0) is 10.9. The van der Waals surface area contributed by atoms with Gasteiger partial charge in [0.1, 0.15) is 11.7 Å². The van der Waals surface area contributed by atoms with E-state index < -0.39 is 17.5 Å². The molecule has 1 N–H and O–H groups in total. The van der Waals surface area contributed by atoms with Crippen molar-refractivity contribution in [3.05, 3.63) is 35.1 Å². The van der Waals surface area contributed by atoms with Gasteiger partial charge < -0.3 is 4.90 Å². The number of rotatable bonds is 1. The molecule has 1 aromatic rings. The third-order valence-electron chi connectivity index (χ3n) is 1.71. The molecule has 0 aliphatic heterocycles. The Hall–Kier alpha value is -1.52. The Morgan fingerprint density at radius 2 is 1.57 bits per heavy atom. The minimum absolute atomic E-state index is 0.207. The molecule has 0 amide bonds. The van der Waals surface area contributed by atoms with Gasteiger partial charge in [-0.1, -0.05) is 0 Å². The van der Waals surface area contributed by atoms with Crippen molar-refractivity contribution in [2.45, 2.75) is 0 Å². The molecule has 76 valence electrons. The molecule has 0 aliphatic carbocycles. The van der Waals surface area contributed by atoms with E-state index >= 15 is 0 Å².